The van der Waals surface area contributed by atoms with Crippen molar-refractivity contribution in [2.45, 2.75) is 18.0 Å². The molecule has 21 heavy (non-hydrogen) atoms. The van der Waals surface area contributed by atoms with E-state index in [1.54, 1.807) is 10.9 Å². The number of halogens is 2. The summed E-state index contributed by atoms with van der Waals surface area (Å²) in [6, 6.07) is 2.17. The van der Waals surface area contributed by atoms with Crippen LogP contribution in [0.3, 0.4) is 0 Å². The Morgan fingerprint density at radius 3 is 2.86 bits per heavy atom. The predicted octanol–water partition coefficient (Wildman–Crippen LogP) is 0.966. The number of hydrogen-bond donors (Lipinski definition) is 1. The third kappa shape index (κ3) is 2.43. The second-order valence-electron chi connectivity index (χ2n) is 4.58. The van der Waals surface area contributed by atoms with Crippen molar-refractivity contribution >= 4 is 31.6 Å². The molecule has 2 N–H and O–H groups in total. The van der Waals surface area contributed by atoms with Crippen LogP contribution in [0.25, 0.3) is 0 Å². The highest BCUT2D eigenvalue weighted by molar-refractivity contribution is 9.10. The minimum absolute atomic E-state index is 0.0608. The molecule has 0 saturated carbocycles. The number of fused-ring (bicyclic) bond motifs is 1. The largest absolute Gasteiger partial charge is 0.396 e. The van der Waals surface area contributed by atoms with Gasteiger partial charge < -0.3 is 10.3 Å². The first kappa shape index (κ1) is 14.4. The summed E-state index contributed by atoms with van der Waals surface area (Å²) in [6.45, 7) is 0.874. The summed E-state index contributed by atoms with van der Waals surface area (Å²) in [6.07, 6.45) is 1.56. The van der Waals surface area contributed by atoms with Crippen LogP contribution in [0.5, 0.6) is 0 Å². The Kier molecular flexibility index (Phi) is 3.46. The zero-order chi connectivity index (χ0) is 15.2. The molecule has 112 valence electrons. The average molecular weight is 376 g/mol. The monoisotopic (exact) mass is 375 g/mol. The molecule has 3 rings (SSSR count). The Hall–Kier alpha value is -1.52. The van der Waals surface area contributed by atoms with Crippen LogP contribution in [0.2, 0.25) is 0 Å². The summed E-state index contributed by atoms with van der Waals surface area (Å²) < 4.78 is 41.9. The van der Waals surface area contributed by atoms with E-state index in [-0.39, 0.29) is 28.1 Å². The molecule has 0 bridgehead atoms. The molecular weight excluding hydrogens is 365 g/mol. The van der Waals surface area contributed by atoms with Crippen molar-refractivity contribution < 1.29 is 12.8 Å². The number of benzene rings is 1. The number of nitrogens with two attached hydrogens (primary N) is 1. The van der Waals surface area contributed by atoms with Gasteiger partial charge in [0.15, 0.2) is 0 Å². The van der Waals surface area contributed by atoms with E-state index in [1.807, 2.05) is 0 Å². The van der Waals surface area contributed by atoms with Crippen LogP contribution in [-0.4, -0.2) is 34.0 Å². The number of nitrogen functional groups attached to an aromatic ring is 1. The topological polar surface area (TPSA) is 94.1 Å². The van der Waals surface area contributed by atoms with E-state index < -0.39 is 15.8 Å². The quantitative estimate of drug-likeness (QED) is 0.789. The highest BCUT2D eigenvalue weighted by Gasteiger charge is 2.31. The van der Waals surface area contributed by atoms with Crippen LogP contribution in [0.1, 0.15) is 5.82 Å². The van der Waals surface area contributed by atoms with Gasteiger partial charge in [0.2, 0.25) is 10.0 Å². The minimum Gasteiger partial charge on any atom is -0.396 e. The number of rotatable bonds is 2. The Bertz CT molecular complexity index is 807. The smallest absolute Gasteiger partial charge is 0.244 e. The van der Waals surface area contributed by atoms with Gasteiger partial charge in [-0.25, -0.2) is 12.8 Å². The molecule has 0 fully saturated rings. The van der Waals surface area contributed by atoms with Gasteiger partial charge >= 0.3 is 0 Å². The van der Waals surface area contributed by atoms with Gasteiger partial charge in [0.1, 0.15) is 18.0 Å². The number of hydrogen-bond acceptors (Lipinski definition) is 5. The third-order valence-electron chi connectivity index (χ3n) is 3.27. The molecule has 1 aliphatic heterocycles. The minimum atomic E-state index is -3.79. The SMILES string of the molecule is Nc1cc(S(=O)(=O)N2CCn3cnnc3C2)c(Br)cc1F. The van der Waals surface area contributed by atoms with Crippen molar-refractivity contribution in [1.29, 1.82) is 0 Å². The first-order valence-electron chi connectivity index (χ1n) is 6.01. The second-order valence-corrected chi connectivity index (χ2v) is 7.34. The van der Waals surface area contributed by atoms with Crippen molar-refractivity contribution in [1.82, 2.24) is 19.1 Å². The molecule has 7 nitrogen and oxygen atoms in total. The second kappa shape index (κ2) is 5.04. The van der Waals surface area contributed by atoms with Gasteiger partial charge in [-0.15, -0.1) is 10.2 Å². The molecule has 0 saturated heterocycles. The summed E-state index contributed by atoms with van der Waals surface area (Å²) in [5.41, 5.74) is 5.26. The highest BCUT2D eigenvalue weighted by Crippen LogP contribution is 2.30. The van der Waals surface area contributed by atoms with Crippen molar-refractivity contribution in [3.05, 3.63) is 34.6 Å². The van der Waals surface area contributed by atoms with Crippen molar-refractivity contribution in [2.75, 3.05) is 12.3 Å². The lowest BCUT2D eigenvalue weighted by molar-refractivity contribution is 0.335. The van der Waals surface area contributed by atoms with Crippen molar-refractivity contribution in [3.63, 3.8) is 0 Å². The average Bonchev–Trinajstić information content (AvgIpc) is 2.90. The van der Waals surface area contributed by atoms with Crippen LogP contribution in [0.15, 0.2) is 27.8 Å². The summed E-state index contributed by atoms with van der Waals surface area (Å²) in [5.74, 6) is -0.102. The lowest BCUT2D eigenvalue weighted by atomic mass is 10.3. The van der Waals surface area contributed by atoms with E-state index in [1.165, 1.54) is 4.31 Å². The molecule has 2 heterocycles. The molecule has 1 aromatic heterocycles. The lowest BCUT2D eigenvalue weighted by Gasteiger charge is -2.26. The standard InChI is InChI=1S/C11H11BrFN5O2S/c12-7-3-8(13)9(14)4-10(7)21(19,20)18-2-1-17-6-15-16-11(17)5-18/h3-4,6H,1-2,5,14H2. The fraction of sp³-hybridized carbons (Fsp3) is 0.273. The van der Waals surface area contributed by atoms with Crippen LogP contribution in [-0.2, 0) is 23.1 Å². The van der Waals surface area contributed by atoms with Gasteiger partial charge in [0.25, 0.3) is 0 Å². The molecule has 0 radical (unpaired) electrons. The molecule has 0 aliphatic carbocycles. The van der Waals surface area contributed by atoms with E-state index in [0.29, 0.717) is 12.4 Å². The van der Waals surface area contributed by atoms with E-state index in [0.717, 1.165) is 12.1 Å². The van der Waals surface area contributed by atoms with Gasteiger partial charge in [-0.05, 0) is 28.1 Å². The first-order chi connectivity index (χ1) is 9.89. The van der Waals surface area contributed by atoms with Crippen LogP contribution in [0, 0.1) is 5.82 Å². The maximum absolute atomic E-state index is 13.4. The summed E-state index contributed by atoms with van der Waals surface area (Å²) in [7, 11) is -3.79. The van der Waals surface area contributed by atoms with Gasteiger partial charge in [-0.1, -0.05) is 0 Å². The van der Waals surface area contributed by atoms with Crippen molar-refractivity contribution in [2.24, 2.45) is 0 Å². The third-order valence-corrected chi connectivity index (χ3v) is 6.08. The molecular formula is C11H11BrFN5O2S. The molecule has 0 amide bonds. The molecule has 0 atom stereocenters. The van der Waals surface area contributed by atoms with Crippen LogP contribution in [0.4, 0.5) is 10.1 Å². The molecule has 1 aliphatic rings. The van der Waals surface area contributed by atoms with Crippen LogP contribution < -0.4 is 5.73 Å². The van der Waals surface area contributed by atoms with E-state index >= 15 is 0 Å². The molecule has 2 aromatic rings. The Morgan fingerprint density at radius 1 is 1.33 bits per heavy atom. The van der Waals surface area contributed by atoms with E-state index in [4.69, 9.17) is 5.73 Å². The van der Waals surface area contributed by atoms with E-state index in [2.05, 4.69) is 26.1 Å². The van der Waals surface area contributed by atoms with Crippen molar-refractivity contribution in [3.8, 4) is 0 Å². The normalized spacial score (nSPS) is 15.9. The molecule has 0 unspecified atom stereocenters. The van der Waals surface area contributed by atoms with Gasteiger partial charge in [-0.3, -0.25) is 0 Å². The predicted molar refractivity (Wildman–Crippen MR) is 76.1 cm³/mol. The molecule has 1 aromatic carbocycles. The molecule has 10 heteroatoms. The maximum atomic E-state index is 13.4. The fourth-order valence-corrected chi connectivity index (χ4v) is 4.53. The Balaban J connectivity index is 2.00. The Labute approximate surface area is 128 Å². The maximum Gasteiger partial charge on any atom is 0.244 e. The van der Waals surface area contributed by atoms with Gasteiger partial charge in [-0.2, -0.15) is 4.31 Å². The summed E-state index contributed by atoms with van der Waals surface area (Å²) in [4.78, 5) is -0.0608. The number of nitrogens with zero attached hydrogens (tertiary/aromatic N) is 4. The fourth-order valence-electron chi connectivity index (χ4n) is 2.13. The summed E-state index contributed by atoms with van der Waals surface area (Å²) in [5, 5.41) is 7.63. The van der Waals surface area contributed by atoms with Crippen LogP contribution >= 0.6 is 15.9 Å². The van der Waals surface area contributed by atoms with Gasteiger partial charge in [0, 0.05) is 17.6 Å². The number of sulfonamides is 1. The zero-order valence-corrected chi connectivity index (χ0v) is 13.1. The number of aromatic nitrogens is 3. The number of anilines is 1. The highest BCUT2D eigenvalue weighted by atomic mass is 79.9. The first-order valence-corrected chi connectivity index (χ1v) is 8.24. The lowest BCUT2D eigenvalue weighted by Crippen LogP contribution is -2.38. The van der Waals surface area contributed by atoms with E-state index in [9.17, 15) is 12.8 Å². The zero-order valence-electron chi connectivity index (χ0n) is 10.7. The Morgan fingerprint density at radius 2 is 2.10 bits per heavy atom. The van der Waals surface area contributed by atoms with Gasteiger partial charge in [0.05, 0.1) is 17.1 Å². The summed E-state index contributed by atoms with van der Waals surface area (Å²) >= 11 is 3.07. The molecule has 0 spiro atoms.